The fraction of sp³-hybridized carbons (Fsp3) is 0.208. The van der Waals surface area contributed by atoms with Gasteiger partial charge in [-0.15, -0.1) is 11.8 Å². The summed E-state index contributed by atoms with van der Waals surface area (Å²) in [4.78, 5) is 14.8. The second-order valence-electron chi connectivity index (χ2n) is 6.89. The van der Waals surface area contributed by atoms with Gasteiger partial charge < -0.3 is 15.0 Å². The Morgan fingerprint density at radius 1 is 1.03 bits per heavy atom. The Bertz CT molecular complexity index is 977. The van der Waals surface area contributed by atoms with Gasteiger partial charge in [-0.25, -0.2) is 4.79 Å². The van der Waals surface area contributed by atoms with E-state index in [1.54, 1.807) is 11.8 Å². The molecule has 0 unspecified atom stereocenters. The van der Waals surface area contributed by atoms with E-state index in [2.05, 4.69) is 24.4 Å². The van der Waals surface area contributed by atoms with E-state index in [1.165, 1.54) is 5.56 Å². The smallest absolute Gasteiger partial charge is 0.323 e. The lowest BCUT2D eigenvalue weighted by molar-refractivity contribution is 0.214. The predicted molar refractivity (Wildman–Crippen MR) is 120 cm³/mol. The van der Waals surface area contributed by atoms with Crippen LogP contribution in [0.15, 0.2) is 78.9 Å². The van der Waals surface area contributed by atoms with Gasteiger partial charge in [0.1, 0.15) is 16.9 Å². The van der Waals surface area contributed by atoms with Gasteiger partial charge in [0.2, 0.25) is 0 Å². The third-order valence-corrected chi connectivity index (χ3v) is 6.12. The summed E-state index contributed by atoms with van der Waals surface area (Å²) >= 11 is 1.77. The van der Waals surface area contributed by atoms with Crippen molar-refractivity contribution in [2.75, 3.05) is 17.6 Å². The van der Waals surface area contributed by atoms with E-state index in [0.717, 1.165) is 41.5 Å². The first kappa shape index (κ1) is 19.4. The van der Waals surface area contributed by atoms with Crippen molar-refractivity contribution in [1.29, 1.82) is 0 Å². The molecule has 0 aromatic heterocycles. The van der Waals surface area contributed by atoms with E-state index in [9.17, 15) is 4.79 Å². The number of carbonyl (C=O) groups excluding carboxylic acids is 1. The molecule has 1 fully saturated rings. The first-order valence-corrected chi connectivity index (χ1v) is 10.9. The highest BCUT2D eigenvalue weighted by Gasteiger charge is 2.31. The van der Waals surface area contributed by atoms with Crippen LogP contribution in [0.5, 0.6) is 11.5 Å². The molecule has 0 aliphatic carbocycles. The number of nitrogens with one attached hydrogen (secondary N) is 1. The van der Waals surface area contributed by atoms with Gasteiger partial charge in [-0.3, -0.25) is 0 Å². The molecule has 4 nitrogen and oxygen atoms in total. The van der Waals surface area contributed by atoms with Gasteiger partial charge in [0, 0.05) is 18.0 Å². The zero-order chi connectivity index (χ0) is 20.1. The minimum atomic E-state index is -0.0670. The molecule has 5 heteroatoms. The van der Waals surface area contributed by atoms with E-state index in [-0.39, 0.29) is 11.4 Å². The molecular formula is C24H24N2O2S. The summed E-state index contributed by atoms with van der Waals surface area (Å²) < 4.78 is 5.97. The largest absolute Gasteiger partial charge is 0.457 e. The Hall–Kier alpha value is -2.92. The highest BCUT2D eigenvalue weighted by Crippen LogP contribution is 2.39. The van der Waals surface area contributed by atoms with Crippen molar-refractivity contribution in [2.45, 2.75) is 18.7 Å². The molecule has 148 valence electrons. The number of aryl methyl sites for hydroxylation is 1. The van der Waals surface area contributed by atoms with Crippen LogP contribution >= 0.6 is 11.8 Å². The maximum atomic E-state index is 12.9. The summed E-state index contributed by atoms with van der Waals surface area (Å²) in [5, 5.41) is 3.03. The molecule has 0 bridgehead atoms. The number of nitrogens with zero attached hydrogens (tertiary/aromatic N) is 1. The van der Waals surface area contributed by atoms with Crippen LogP contribution in [-0.4, -0.2) is 23.2 Å². The molecule has 1 saturated heterocycles. The molecule has 1 atom stereocenters. The van der Waals surface area contributed by atoms with Crippen molar-refractivity contribution in [3.8, 4) is 11.5 Å². The molecule has 2 amide bonds. The molecule has 1 N–H and O–H groups in total. The summed E-state index contributed by atoms with van der Waals surface area (Å²) in [5.41, 5.74) is 3.12. The van der Waals surface area contributed by atoms with Crippen molar-refractivity contribution in [2.24, 2.45) is 0 Å². The standard InChI is InChI=1S/C24H24N2O2S/c1-2-18-8-6-10-20(16-18)25-24(27)26-14-15-29-23(26)19-9-7-13-22(17-19)28-21-11-4-3-5-12-21/h3-13,16-17,23H,2,14-15H2,1H3,(H,25,27)/t23-/m0/s1. The number of benzene rings is 3. The van der Waals surface area contributed by atoms with Gasteiger partial charge in [0.05, 0.1) is 0 Å². The number of hydrogen-bond donors (Lipinski definition) is 1. The van der Waals surface area contributed by atoms with E-state index < -0.39 is 0 Å². The summed E-state index contributed by atoms with van der Waals surface area (Å²) in [7, 11) is 0. The maximum absolute atomic E-state index is 12.9. The molecular weight excluding hydrogens is 380 g/mol. The summed E-state index contributed by atoms with van der Waals surface area (Å²) in [6.07, 6.45) is 0.945. The van der Waals surface area contributed by atoms with Gasteiger partial charge in [0.15, 0.2) is 0 Å². The molecule has 4 rings (SSSR count). The molecule has 3 aromatic rings. The zero-order valence-corrected chi connectivity index (χ0v) is 17.2. The van der Waals surface area contributed by atoms with Crippen molar-refractivity contribution in [1.82, 2.24) is 4.90 Å². The monoisotopic (exact) mass is 404 g/mol. The lowest BCUT2D eigenvalue weighted by Crippen LogP contribution is -2.34. The Morgan fingerprint density at radius 2 is 1.83 bits per heavy atom. The quantitative estimate of drug-likeness (QED) is 0.541. The number of carbonyl (C=O) groups is 1. The number of rotatable bonds is 5. The second kappa shape index (κ2) is 9.05. The number of thioether (sulfide) groups is 1. The van der Waals surface area contributed by atoms with Crippen LogP contribution in [0.1, 0.15) is 23.4 Å². The number of hydrogen-bond acceptors (Lipinski definition) is 3. The highest BCUT2D eigenvalue weighted by molar-refractivity contribution is 7.99. The Morgan fingerprint density at radius 3 is 2.66 bits per heavy atom. The van der Waals surface area contributed by atoms with Gasteiger partial charge in [-0.05, 0) is 53.9 Å². The first-order chi connectivity index (χ1) is 14.2. The SMILES string of the molecule is CCc1cccc(NC(=O)N2CCS[C@H]2c2cccc(Oc3ccccc3)c2)c1. The average Bonchev–Trinajstić information content (AvgIpc) is 3.25. The van der Waals surface area contributed by atoms with Crippen LogP contribution in [0, 0.1) is 0 Å². The Balaban J connectivity index is 1.49. The van der Waals surface area contributed by atoms with Crippen molar-refractivity contribution < 1.29 is 9.53 Å². The summed E-state index contributed by atoms with van der Waals surface area (Å²) in [6, 6.07) is 25.7. The van der Waals surface area contributed by atoms with Crippen molar-refractivity contribution in [3.63, 3.8) is 0 Å². The summed E-state index contributed by atoms with van der Waals surface area (Å²) in [6.45, 7) is 2.83. The maximum Gasteiger partial charge on any atom is 0.323 e. The fourth-order valence-electron chi connectivity index (χ4n) is 3.37. The van der Waals surface area contributed by atoms with E-state index >= 15 is 0 Å². The number of anilines is 1. The Kier molecular flexibility index (Phi) is 6.06. The number of urea groups is 1. The third-order valence-electron chi connectivity index (χ3n) is 4.86. The van der Waals surface area contributed by atoms with E-state index in [4.69, 9.17) is 4.74 Å². The highest BCUT2D eigenvalue weighted by atomic mass is 32.2. The first-order valence-electron chi connectivity index (χ1n) is 9.84. The van der Waals surface area contributed by atoms with Crippen LogP contribution < -0.4 is 10.1 Å². The molecule has 0 spiro atoms. The summed E-state index contributed by atoms with van der Waals surface area (Å²) in [5.74, 6) is 2.49. The molecule has 0 saturated carbocycles. The zero-order valence-electron chi connectivity index (χ0n) is 16.4. The normalized spacial score (nSPS) is 15.9. The van der Waals surface area contributed by atoms with Crippen LogP contribution in [0.25, 0.3) is 0 Å². The molecule has 1 heterocycles. The number of ether oxygens (including phenoxy) is 1. The molecule has 1 aliphatic rings. The second-order valence-corrected chi connectivity index (χ2v) is 8.08. The van der Waals surface area contributed by atoms with Crippen LogP contribution in [0.4, 0.5) is 10.5 Å². The van der Waals surface area contributed by atoms with Gasteiger partial charge >= 0.3 is 6.03 Å². The lowest BCUT2D eigenvalue weighted by Gasteiger charge is -2.25. The van der Waals surface area contributed by atoms with E-state index in [1.807, 2.05) is 71.6 Å². The molecule has 1 aliphatic heterocycles. The Labute approximate surface area is 175 Å². The topological polar surface area (TPSA) is 41.6 Å². The minimum Gasteiger partial charge on any atom is -0.457 e. The van der Waals surface area contributed by atoms with Gasteiger partial charge in [-0.1, -0.05) is 49.4 Å². The minimum absolute atomic E-state index is 0.0244. The van der Waals surface area contributed by atoms with Crippen LogP contribution in [0.2, 0.25) is 0 Å². The van der Waals surface area contributed by atoms with Crippen LogP contribution in [0.3, 0.4) is 0 Å². The third kappa shape index (κ3) is 4.74. The predicted octanol–water partition coefficient (Wildman–Crippen LogP) is 6.32. The molecule has 0 radical (unpaired) electrons. The number of amides is 2. The van der Waals surface area contributed by atoms with Crippen LogP contribution in [-0.2, 0) is 6.42 Å². The van der Waals surface area contributed by atoms with Gasteiger partial charge in [-0.2, -0.15) is 0 Å². The van der Waals surface area contributed by atoms with Crippen molar-refractivity contribution in [3.05, 3.63) is 90.0 Å². The number of para-hydroxylation sites is 1. The van der Waals surface area contributed by atoms with Crippen molar-refractivity contribution >= 4 is 23.5 Å². The van der Waals surface area contributed by atoms with Gasteiger partial charge in [0.25, 0.3) is 0 Å². The lowest BCUT2D eigenvalue weighted by atomic mass is 10.1. The van der Waals surface area contributed by atoms with E-state index in [0.29, 0.717) is 0 Å². The average molecular weight is 405 g/mol. The molecule has 3 aromatic carbocycles. The fourth-order valence-corrected chi connectivity index (χ4v) is 4.62. The molecule has 29 heavy (non-hydrogen) atoms.